The van der Waals surface area contributed by atoms with Gasteiger partial charge in [0.2, 0.25) is 0 Å². The first-order valence-electron chi connectivity index (χ1n) is 6.84. The van der Waals surface area contributed by atoms with Crippen molar-refractivity contribution in [3.8, 4) is 6.07 Å². The molecule has 0 radical (unpaired) electrons. The molecule has 2 N–H and O–H groups in total. The predicted molar refractivity (Wildman–Crippen MR) is 75.5 cm³/mol. The molecule has 0 atom stereocenters. The molecule has 1 aliphatic rings. The topological polar surface area (TPSA) is 86.0 Å². The Morgan fingerprint density at radius 1 is 1.50 bits per heavy atom. The van der Waals surface area contributed by atoms with E-state index in [9.17, 15) is 10.1 Å². The standard InChI is InChI=1S/C15H19N3O2/c1-15(2,14(19)20)9-17-13-11(8-16)7-10-5-3-4-6-12(10)18-13/h7H,3-6,9H2,1-2H3,(H,17,18)(H,19,20). The van der Waals surface area contributed by atoms with E-state index < -0.39 is 11.4 Å². The number of fused-ring (bicyclic) bond motifs is 1. The third kappa shape index (κ3) is 2.90. The lowest BCUT2D eigenvalue weighted by Crippen LogP contribution is -2.32. The van der Waals surface area contributed by atoms with Crippen LogP contribution in [-0.2, 0) is 17.6 Å². The molecule has 5 nitrogen and oxygen atoms in total. The van der Waals surface area contributed by atoms with E-state index in [0.29, 0.717) is 11.4 Å². The summed E-state index contributed by atoms with van der Waals surface area (Å²) >= 11 is 0. The molecule has 0 amide bonds. The SMILES string of the molecule is CC(C)(CNc1nc2c(cc1C#N)CCCC2)C(=O)O. The number of nitrogens with zero attached hydrogens (tertiary/aromatic N) is 2. The Hall–Kier alpha value is -2.09. The Morgan fingerprint density at radius 2 is 2.20 bits per heavy atom. The lowest BCUT2D eigenvalue weighted by Gasteiger charge is -2.22. The maximum absolute atomic E-state index is 11.1. The largest absolute Gasteiger partial charge is 0.481 e. The molecule has 2 rings (SSSR count). The quantitative estimate of drug-likeness (QED) is 0.879. The number of carboxylic acids is 1. The molecule has 0 unspecified atom stereocenters. The van der Waals surface area contributed by atoms with E-state index >= 15 is 0 Å². The van der Waals surface area contributed by atoms with Crippen LogP contribution in [0.5, 0.6) is 0 Å². The minimum absolute atomic E-state index is 0.239. The zero-order valence-corrected chi connectivity index (χ0v) is 11.9. The Morgan fingerprint density at radius 3 is 2.85 bits per heavy atom. The summed E-state index contributed by atoms with van der Waals surface area (Å²) in [6.07, 6.45) is 4.15. The highest BCUT2D eigenvalue weighted by molar-refractivity contribution is 5.74. The molecule has 1 aromatic rings. The number of carboxylic acid groups (broad SMARTS) is 1. The maximum atomic E-state index is 11.1. The maximum Gasteiger partial charge on any atom is 0.310 e. The number of rotatable bonds is 4. The minimum atomic E-state index is -0.899. The molecule has 5 heteroatoms. The summed E-state index contributed by atoms with van der Waals surface area (Å²) in [5.41, 5.74) is 1.78. The van der Waals surface area contributed by atoms with Crippen LogP contribution in [-0.4, -0.2) is 22.6 Å². The van der Waals surface area contributed by atoms with Crippen molar-refractivity contribution in [3.05, 3.63) is 22.9 Å². The first kappa shape index (κ1) is 14.3. The number of hydrogen-bond acceptors (Lipinski definition) is 4. The Bertz CT molecular complexity index is 573. The second kappa shape index (κ2) is 5.49. The average Bonchev–Trinajstić information content (AvgIpc) is 2.43. The number of pyridine rings is 1. The molecule has 0 saturated carbocycles. The number of carbonyl (C=O) groups is 1. The molecular formula is C15H19N3O2. The van der Waals surface area contributed by atoms with Gasteiger partial charge in [0.15, 0.2) is 0 Å². The summed E-state index contributed by atoms with van der Waals surface area (Å²) in [6.45, 7) is 3.53. The molecule has 0 aliphatic heterocycles. The molecule has 1 heterocycles. The number of nitrogens with one attached hydrogen (secondary N) is 1. The van der Waals surface area contributed by atoms with Crippen molar-refractivity contribution < 1.29 is 9.90 Å². The summed E-state index contributed by atoms with van der Waals surface area (Å²) in [5, 5.41) is 21.3. The van der Waals surface area contributed by atoms with Crippen LogP contribution in [0.15, 0.2) is 6.07 Å². The smallest absolute Gasteiger partial charge is 0.310 e. The number of aliphatic carboxylic acids is 1. The van der Waals surface area contributed by atoms with Crippen molar-refractivity contribution in [1.29, 1.82) is 5.26 Å². The van der Waals surface area contributed by atoms with Crippen molar-refractivity contribution in [2.24, 2.45) is 5.41 Å². The van der Waals surface area contributed by atoms with Gasteiger partial charge in [-0.25, -0.2) is 4.98 Å². The summed E-state index contributed by atoms with van der Waals surface area (Å²) in [6, 6.07) is 4.03. The molecule has 1 aliphatic carbocycles. The van der Waals surface area contributed by atoms with Crippen molar-refractivity contribution in [1.82, 2.24) is 4.98 Å². The summed E-state index contributed by atoms with van der Waals surface area (Å²) in [7, 11) is 0. The summed E-state index contributed by atoms with van der Waals surface area (Å²) in [5.74, 6) is -0.371. The van der Waals surface area contributed by atoms with Crippen LogP contribution < -0.4 is 5.32 Å². The normalized spacial score (nSPS) is 14.2. The number of hydrogen-bond donors (Lipinski definition) is 2. The Kier molecular flexibility index (Phi) is 3.93. The van der Waals surface area contributed by atoms with Gasteiger partial charge >= 0.3 is 5.97 Å². The van der Waals surface area contributed by atoms with Gasteiger partial charge in [-0.15, -0.1) is 0 Å². The van der Waals surface area contributed by atoms with Gasteiger partial charge in [0.25, 0.3) is 0 Å². The van der Waals surface area contributed by atoms with E-state index in [1.807, 2.05) is 6.07 Å². The van der Waals surface area contributed by atoms with E-state index in [1.54, 1.807) is 13.8 Å². The van der Waals surface area contributed by atoms with Gasteiger partial charge in [0.05, 0.1) is 11.0 Å². The van der Waals surface area contributed by atoms with Gasteiger partial charge in [-0.3, -0.25) is 4.79 Å². The highest BCUT2D eigenvalue weighted by Crippen LogP contribution is 2.25. The van der Waals surface area contributed by atoms with Crippen LogP contribution in [0.4, 0.5) is 5.82 Å². The molecular weight excluding hydrogens is 254 g/mol. The third-order valence-electron chi connectivity index (χ3n) is 3.70. The van der Waals surface area contributed by atoms with Gasteiger partial charge in [-0.1, -0.05) is 0 Å². The van der Waals surface area contributed by atoms with Gasteiger partial charge in [0.1, 0.15) is 11.9 Å². The average molecular weight is 273 g/mol. The first-order valence-corrected chi connectivity index (χ1v) is 6.84. The molecule has 106 valence electrons. The highest BCUT2D eigenvalue weighted by Gasteiger charge is 2.27. The third-order valence-corrected chi connectivity index (χ3v) is 3.70. The van der Waals surface area contributed by atoms with Crippen LogP contribution in [0.25, 0.3) is 0 Å². The van der Waals surface area contributed by atoms with Crippen LogP contribution in [0.2, 0.25) is 0 Å². The molecule has 0 saturated heterocycles. The fourth-order valence-electron chi connectivity index (χ4n) is 2.23. The molecule has 20 heavy (non-hydrogen) atoms. The molecule has 0 fully saturated rings. The molecule has 0 aromatic carbocycles. The summed E-state index contributed by atoms with van der Waals surface area (Å²) in [4.78, 5) is 15.6. The molecule has 0 spiro atoms. The fraction of sp³-hybridized carbons (Fsp3) is 0.533. The lowest BCUT2D eigenvalue weighted by atomic mass is 9.93. The second-order valence-corrected chi connectivity index (χ2v) is 5.85. The number of aryl methyl sites for hydroxylation is 2. The van der Waals surface area contributed by atoms with Crippen molar-refractivity contribution >= 4 is 11.8 Å². The second-order valence-electron chi connectivity index (χ2n) is 5.85. The van der Waals surface area contributed by atoms with E-state index in [2.05, 4.69) is 16.4 Å². The number of nitriles is 1. The predicted octanol–water partition coefficient (Wildman–Crippen LogP) is 2.35. The first-order chi connectivity index (χ1) is 9.44. The van der Waals surface area contributed by atoms with Crippen LogP contribution in [0, 0.1) is 16.7 Å². The number of anilines is 1. The lowest BCUT2D eigenvalue weighted by molar-refractivity contribution is -0.146. The fourth-order valence-corrected chi connectivity index (χ4v) is 2.23. The van der Waals surface area contributed by atoms with Gasteiger partial charge in [-0.05, 0) is 51.2 Å². The molecule has 0 bridgehead atoms. The van der Waals surface area contributed by atoms with Crippen molar-refractivity contribution in [2.75, 3.05) is 11.9 Å². The van der Waals surface area contributed by atoms with E-state index in [-0.39, 0.29) is 6.54 Å². The van der Waals surface area contributed by atoms with Crippen LogP contribution >= 0.6 is 0 Å². The van der Waals surface area contributed by atoms with Crippen molar-refractivity contribution in [3.63, 3.8) is 0 Å². The van der Waals surface area contributed by atoms with Crippen LogP contribution in [0.3, 0.4) is 0 Å². The van der Waals surface area contributed by atoms with E-state index in [4.69, 9.17) is 5.11 Å². The molecule has 1 aromatic heterocycles. The van der Waals surface area contributed by atoms with Gasteiger partial charge in [-0.2, -0.15) is 5.26 Å². The Balaban J connectivity index is 2.23. The van der Waals surface area contributed by atoms with Crippen molar-refractivity contribution in [2.45, 2.75) is 39.5 Å². The monoisotopic (exact) mass is 273 g/mol. The minimum Gasteiger partial charge on any atom is -0.481 e. The zero-order valence-electron chi connectivity index (χ0n) is 11.9. The van der Waals surface area contributed by atoms with Gasteiger partial charge in [0, 0.05) is 12.2 Å². The zero-order chi connectivity index (χ0) is 14.8. The van der Waals surface area contributed by atoms with Crippen LogP contribution in [0.1, 0.15) is 43.5 Å². The highest BCUT2D eigenvalue weighted by atomic mass is 16.4. The Labute approximate surface area is 118 Å². The van der Waals surface area contributed by atoms with E-state index in [1.165, 1.54) is 0 Å². The van der Waals surface area contributed by atoms with E-state index in [0.717, 1.165) is 36.9 Å². The summed E-state index contributed by atoms with van der Waals surface area (Å²) < 4.78 is 0. The number of aromatic nitrogens is 1. The van der Waals surface area contributed by atoms with Gasteiger partial charge < -0.3 is 10.4 Å².